The Bertz CT molecular complexity index is 271. The van der Waals surface area contributed by atoms with Crippen molar-refractivity contribution in [1.82, 2.24) is 0 Å². The van der Waals surface area contributed by atoms with E-state index >= 15 is 0 Å². The first-order valence-corrected chi connectivity index (χ1v) is 4.87. The standard InChI is InChI=1S/C9H12F6O2/c1-5-3-6(2,8(10,11)12)17-7(16,4-5)9(13,14)15/h5,16H,3-4H2,1-2H3/t5-,6?,7?/m0/s1. The van der Waals surface area contributed by atoms with Crippen molar-refractivity contribution < 1.29 is 36.2 Å². The van der Waals surface area contributed by atoms with Gasteiger partial charge >= 0.3 is 12.4 Å². The minimum absolute atomic E-state index is 0.513. The highest BCUT2D eigenvalue weighted by Gasteiger charge is 2.67. The zero-order valence-electron chi connectivity index (χ0n) is 9.11. The van der Waals surface area contributed by atoms with Crippen LogP contribution in [0.25, 0.3) is 0 Å². The van der Waals surface area contributed by atoms with Crippen LogP contribution in [0.5, 0.6) is 0 Å². The van der Waals surface area contributed by atoms with Gasteiger partial charge in [-0.2, -0.15) is 26.3 Å². The molecule has 2 nitrogen and oxygen atoms in total. The molecule has 2 unspecified atom stereocenters. The molecule has 0 aromatic rings. The number of alkyl halides is 6. The lowest BCUT2D eigenvalue weighted by molar-refractivity contribution is -0.443. The van der Waals surface area contributed by atoms with Crippen LogP contribution < -0.4 is 0 Å². The third-order valence-electron chi connectivity index (χ3n) is 2.80. The van der Waals surface area contributed by atoms with Gasteiger partial charge in [-0.25, -0.2) is 0 Å². The molecule has 0 radical (unpaired) electrons. The van der Waals surface area contributed by atoms with Crippen LogP contribution in [0.1, 0.15) is 26.7 Å². The molecule has 0 aromatic carbocycles. The topological polar surface area (TPSA) is 29.5 Å². The van der Waals surface area contributed by atoms with Crippen molar-refractivity contribution in [3.05, 3.63) is 0 Å². The minimum atomic E-state index is -5.26. The fourth-order valence-corrected chi connectivity index (χ4v) is 2.01. The number of rotatable bonds is 0. The SMILES string of the molecule is C[C@H]1CC(C)(C(F)(F)F)OC(O)(C(F)(F)F)C1. The van der Waals surface area contributed by atoms with Crippen LogP contribution in [-0.4, -0.2) is 28.8 Å². The molecule has 1 fully saturated rings. The molecule has 1 N–H and O–H groups in total. The van der Waals surface area contributed by atoms with Gasteiger partial charge in [0.15, 0.2) is 5.60 Å². The number of halogens is 6. The molecule has 1 heterocycles. The van der Waals surface area contributed by atoms with Crippen LogP contribution >= 0.6 is 0 Å². The molecule has 1 saturated heterocycles. The van der Waals surface area contributed by atoms with Crippen LogP contribution in [0.2, 0.25) is 0 Å². The minimum Gasteiger partial charge on any atom is -0.358 e. The molecular formula is C9H12F6O2. The Balaban J connectivity index is 3.10. The van der Waals surface area contributed by atoms with Gasteiger partial charge in [-0.3, -0.25) is 0 Å². The van der Waals surface area contributed by atoms with Crippen LogP contribution in [-0.2, 0) is 4.74 Å². The molecule has 0 saturated carbocycles. The summed E-state index contributed by atoms with van der Waals surface area (Å²) in [5.74, 6) is -4.70. The maximum Gasteiger partial charge on any atom is 0.443 e. The summed E-state index contributed by atoms with van der Waals surface area (Å²) in [6.45, 7) is 1.72. The van der Waals surface area contributed by atoms with Gasteiger partial charge in [0.05, 0.1) is 0 Å². The summed E-state index contributed by atoms with van der Waals surface area (Å²) >= 11 is 0. The first kappa shape index (κ1) is 14.6. The highest BCUT2D eigenvalue weighted by molar-refractivity contribution is 4.96. The van der Waals surface area contributed by atoms with E-state index in [1.54, 1.807) is 0 Å². The molecule has 0 aliphatic carbocycles. The summed E-state index contributed by atoms with van der Waals surface area (Å²) in [6, 6.07) is 0. The quantitative estimate of drug-likeness (QED) is 0.683. The molecule has 1 aliphatic heterocycles. The summed E-state index contributed by atoms with van der Waals surface area (Å²) in [5.41, 5.74) is -2.99. The fourth-order valence-electron chi connectivity index (χ4n) is 2.01. The van der Waals surface area contributed by atoms with Crippen molar-refractivity contribution in [2.24, 2.45) is 5.92 Å². The molecule has 0 spiro atoms. The molecule has 0 amide bonds. The summed E-state index contributed by atoms with van der Waals surface area (Å²) in [6.07, 6.45) is -11.7. The smallest absolute Gasteiger partial charge is 0.358 e. The fraction of sp³-hybridized carbons (Fsp3) is 1.00. The Labute approximate surface area is 93.6 Å². The number of hydrogen-bond donors (Lipinski definition) is 1. The van der Waals surface area contributed by atoms with Gasteiger partial charge < -0.3 is 9.84 Å². The summed E-state index contributed by atoms with van der Waals surface area (Å²) in [4.78, 5) is 0. The van der Waals surface area contributed by atoms with E-state index in [9.17, 15) is 31.4 Å². The second-order valence-corrected chi connectivity index (χ2v) is 4.63. The van der Waals surface area contributed by atoms with Gasteiger partial charge in [0.2, 0.25) is 0 Å². The Kier molecular flexibility index (Phi) is 3.21. The first-order chi connectivity index (χ1) is 7.31. The lowest BCUT2D eigenvalue weighted by atomic mass is 9.83. The molecule has 8 heteroatoms. The third kappa shape index (κ3) is 2.52. The van der Waals surface area contributed by atoms with E-state index in [2.05, 4.69) is 4.74 Å². The molecular weight excluding hydrogens is 254 g/mol. The van der Waals surface area contributed by atoms with Gasteiger partial charge in [-0.05, 0) is 19.3 Å². The van der Waals surface area contributed by atoms with Gasteiger partial charge in [-0.1, -0.05) is 6.92 Å². The van der Waals surface area contributed by atoms with E-state index in [1.807, 2.05) is 0 Å². The Hall–Kier alpha value is -0.500. The summed E-state index contributed by atoms with van der Waals surface area (Å²) in [5, 5.41) is 9.23. The predicted octanol–water partition coefficient (Wildman–Crippen LogP) is 3.00. The molecule has 102 valence electrons. The third-order valence-corrected chi connectivity index (χ3v) is 2.80. The van der Waals surface area contributed by atoms with Gasteiger partial charge in [0, 0.05) is 6.42 Å². The van der Waals surface area contributed by atoms with E-state index in [0.29, 0.717) is 6.92 Å². The number of ether oxygens (including phenoxy) is 1. The maximum atomic E-state index is 12.6. The second-order valence-electron chi connectivity index (χ2n) is 4.63. The average Bonchev–Trinajstić information content (AvgIpc) is 1.96. The summed E-state index contributed by atoms with van der Waals surface area (Å²) < 4.78 is 79.3. The van der Waals surface area contributed by atoms with E-state index in [4.69, 9.17) is 0 Å². The molecule has 3 atom stereocenters. The van der Waals surface area contributed by atoms with E-state index < -0.39 is 42.5 Å². The van der Waals surface area contributed by atoms with Crippen LogP contribution in [0.3, 0.4) is 0 Å². The molecule has 0 aromatic heterocycles. The molecule has 17 heavy (non-hydrogen) atoms. The van der Waals surface area contributed by atoms with Gasteiger partial charge in [-0.15, -0.1) is 0 Å². The first-order valence-electron chi connectivity index (χ1n) is 4.87. The second kappa shape index (κ2) is 3.74. The molecule has 0 bridgehead atoms. The monoisotopic (exact) mass is 266 g/mol. The Morgan fingerprint density at radius 1 is 1.06 bits per heavy atom. The van der Waals surface area contributed by atoms with E-state index in [1.165, 1.54) is 6.92 Å². The average molecular weight is 266 g/mol. The van der Waals surface area contributed by atoms with Crippen molar-refractivity contribution in [2.75, 3.05) is 0 Å². The van der Waals surface area contributed by atoms with E-state index in [0.717, 1.165) is 0 Å². The van der Waals surface area contributed by atoms with Crippen molar-refractivity contribution in [3.63, 3.8) is 0 Å². The van der Waals surface area contributed by atoms with Gasteiger partial charge in [0.1, 0.15) is 0 Å². The molecule has 1 rings (SSSR count). The van der Waals surface area contributed by atoms with E-state index in [-0.39, 0.29) is 0 Å². The number of aliphatic hydroxyl groups is 1. The van der Waals surface area contributed by atoms with Crippen LogP contribution in [0.15, 0.2) is 0 Å². The Morgan fingerprint density at radius 2 is 1.53 bits per heavy atom. The van der Waals surface area contributed by atoms with Crippen LogP contribution in [0, 0.1) is 5.92 Å². The van der Waals surface area contributed by atoms with Gasteiger partial charge in [0.25, 0.3) is 5.79 Å². The van der Waals surface area contributed by atoms with Crippen molar-refractivity contribution in [3.8, 4) is 0 Å². The molecule has 1 aliphatic rings. The van der Waals surface area contributed by atoms with Crippen molar-refractivity contribution >= 4 is 0 Å². The van der Waals surface area contributed by atoms with Crippen molar-refractivity contribution in [2.45, 2.75) is 50.4 Å². The number of hydrogen-bond acceptors (Lipinski definition) is 2. The normalized spacial score (nSPS) is 40.4. The zero-order chi connectivity index (χ0) is 13.7. The highest BCUT2D eigenvalue weighted by atomic mass is 19.4. The highest BCUT2D eigenvalue weighted by Crippen LogP contribution is 2.50. The Morgan fingerprint density at radius 3 is 1.88 bits per heavy atom. The lowest BCUT2D eigenvalue weighted by Gasteiger charge is -2.47. The lowest BCUT2D eigenvalue weighted by Crippen LogP contribution is -2.62. The summed E-state index contributed by atoms with van der Waals surface area (Å²) in [7, 11) is 0. The van der Waals surface area contributed by atoms with Crippen LogP contribution in [0.4, 0.5) is 26.3 Å². The largest absolute Gasteiger partial charge is 0.443 e. The predicted molar refractivity (Wildman–Crippen MR) is 44.9 cm³/mol. The maximum absolute atomic E-state index is 12.6. The zero-order valence-corrected chi connectivity index (χ0v) is 9.11. The van der Waals surface area contributed by atoms with Crippen molar-refractivity contribution in [1.29, 1.82) is 0 Å².